The van der Waals surface area contributed by atoms with Crippen LogP contribution in [0.5, 0.6) is 0 Å². The Morgan fingerprint density at radius 2 is 2.14 bits per heavy atom. The molecule has 7 nitrogen and oxygen atoms in total. The van der Waals surface area contributed by atoms with E-state index in [2.05, 4.69) is 42.5 Å². The van der Waals surface area contributed by atoms with E-state index in [4.69, 9.17) is 0 Å². The van der Waals surface area contributed by atoms with Gasteiger partial charge in [-0.1, -0.05) is 12.8 Å². The number of fused-ring (bicyclic) bond motifs is 1. The fourth-order valence-corrected chi connectivity index (χ4v) is 2.90. The van der Waals surface area contributed by atoms with Crippen molar-refractivity contribution in [2.24, 2.45) is 0 Å². The minimum Gasteiger partial charge on any atom is -0.361 e. The van der Waals surface area contributed by atoms with Gasteiger partial charge in [-0.3, -0.25) is 9.08 Å². The predicted molar refractivity (Wildman–Crippen MR) is 77.8 cm³/mol. The summed E-state index contributed by atoms with van der Waals surface area (Å²) in [5.74, 6) is 0.727. The summed E-state index contributed by atoms with van der Waals surface area (Å²) in [6.45, 7) is 0.638. The molecule has 3 heterocycles. The third-order valence-corrected chi connectivity index (χ3v) is 4.02. The van der Waals surface area contributed by atoms with Gasteiger partial charge in [0.1, 0.15) is 6.33 Å². The standard InChI is InChI=1S/C14H17N7/c1-2-4-12(3-1)21-7-5-11(19-21)9-16-13-14-18-17-10-20(14)8-6-15-13/h5-8,10,12H,1-4,9H2,(H,15,16). The van der Waals surface area contributed by atoms with Gasteiger partial charge in [0.2, 0.25) is 5.65 Å². The second-order valence-corrected chi connectivity index (χ2v) is 5.42. The van der Waals surface area contributed by atoms with E-state index in [0.717, 1.165) is 17.2 Å². The van der Waals surface area contributed by atoms with E-state index < -0.39 is 0 Å². The average molecular weight is 283 g/mol. The number of aromatic nitrogens is 6. The van der Waals surface area contributed by atoms with Crippen molar-refractivity contribution in [2.75, 3.05) is 5.32 Å². The van der Waals surface area contributed by atoms with Crippen LogP contribution in [0.4, 0.5) is 5.82 Å². The van der Waals surface area contributed by atoms with Crippen molar-refractivity contribution in [2.45, 2.75) is 38.3 Å². The highest BCUT2D eigenvalue weighted by molar-refractivity contribution is 5.61. The topological polar surface area (TPSA) is 72.9 Å². The second kappa shape index (κ2) is 5.16. The lowest BCUT2D eigenvalue weighted by molar-refractivity contribution is 0.463. The Morgan fingerprint density at radius 1 is 1.24 bits per heavy atom. The monoisotopic (exact) mass is 283 g/mol. The molecular weight excluding hydrogens is 266 g/mol. The molecule has 1 fully saturated rings. The van der Waals surface area contributed by atoms with Crippen molar-refractivity contribution >= 4 is 11.5 Å². The molecule has 0 aromatic carbocycles. The maximum Gasteiger partial charge on any atom is 0.203 e. The van der Waals surface area contributed by atoms with Crippen molar-refractivity contribution in [3.8, 4) is 0 Å². The maximum absolute atomic E-state index is 4.66. The van der Waals surface area contributed by atoms with E-state index >= 15 is 0 Å². The molecule has 3 aromatic rings. The van der Waals surface area contributed by atoms with Gasteiger partial charge in [0, 0.05) is 18.6 Å². The van der Waals surface area contributed by atoms with E-state index in [9.17, 15) is 0 Å². The Morgan fingerprint density at radius 3 is 3.05 bits per heavy atom. The van der Waals surface area contributed by atoms with Crippen LogP contribution in [0.15, 0.2) is 31.0 Å². The van der Waals surface area contributed by atoms with Gasteiger partial charge in [-0.15, -0.1) is 10.2 Å². The molecule has 4 rings (SSSR count). The van der Waals surface area contributed by atoms with E-state index in [1.165, 1.54) is 25.7 Å². The van der Waals surface area contributed by atoms with E-state index in [-0.39, 0.29) is 0 Å². The van der Waals surface area contributed by atoms with Crippen molar-refractivity contribution < 1.29 is 0 Å². The lowest BCUT2D eigenvalue weighted by Crippen LogP contribution is -2.08. The van der Waals surface area contributed by atoms with Gasteiger partial charge in [0.05, 0.1) is 18.3 Å². The van der Waals surface area contributed by atoms with Crippen molar-refractivity contribution in [1.29, 1.82) is 0 Å². The van der Waals surface area contributed by atoms with Gasteiger partial charge in [-0.25, -0.2) is 4.98 Å². The minimum absolute atomic E-state index is 0.580. The van der Waals surface area contributed by atoms with Crippen LogP contribution in [-0.2, 0) is 6.54 Å². The van der Waals surface area contributed by atoms with Crippen LogP contribution in [0.1, 0.15) is 37.4 Å². The van der Waals surface area contributed by atoms with Gasteiger partial charge < -0.3 is 5.32 Å². The highest BCUT2D eigenvalue weighted by atomic mass is 15.3. The summed E-state index contributed by atoms with van der Waals surface area (Å²) in [7, 11) is 0. The molecule has 21 heavy (non-hydrogen) atoms. The zero-order valence-electron chi connectivity index (χ0n) is 11.7. The second-order valence-electron chi connectivity index (χ2n) is 5.42. The highest BCUT2D eigenvalue weighted by Crippen LogP contribution is 2.28. The first-order valence-electron chi connectivity index (χ1n) is 7.32. The molecule has 7 heteroatoms. The third-order valence-electron chi connectivity index (χ3n) is 4.02. The number of hydrogen-bond acceptors (Lipinski definition) is 5. The summed E-state index contributed by atoms with van der Waals surface area (Å²) in [5, 5.41) is 15.9. The Hall–Kier alpha value is -2.44. The molecule has 3 aromatic heterocycles. The summed E-state index contributed by atoms with van der Waals surface area (Å²) in [6, 6.07) is 2.65. The van der Waals surface area contributed by atoms with E-state index in [1.54, 1.807) is 12.5 Å². The SMILES string of the molecule is c1cn2cnnc2c(NCc2ccn(C3CCCC3)n2)n1. The molecule has 0 aliphatic heterocycles. The van der Waals surface area contributed by atoms with Gasteiger partial charge >= 0.3 is 0 Å². The number of anilines is 1. The molecule has 108 valence electrons. The summed E-state index contributed by atoms with van der Waals surface area (Å²) in [4.78, 5) is 4.31. The normalized spacial score (nSPS) is 15.8. The van der Waals surface area contributed by atoms with Crippen LogP contribution >= 0.6 is 0 Å². The molecule has 0 bridgehead atoms. The number of hydrogen-bond donors (Lipinski definition) is 1. The van der Waals surface area contributed by atoms with Crippen molar-refractivity contribution in [3.63, 3.8) is 0 Å². The molecular formula is C14H17N7. The first-order valence-corrected chi connectivity index (χ1v) is 7.32. The number of nitrogens with zero attached hydrogens (tertiary/aromatic N) is 6. The quantitative estimate of drug-likeness (QED) is 0.793. The van der Waals surface area contributed by atoms with Gasteiger partial charge in [0.25, 0.3) is 0 Å². The van der Waals surface area contributed by atoms with Crippen LogP contribution in [0.2, 0.25) is 0 Å². The highest BCUT2D eigenvalue weighted by Gasteiger charge is 2.17. The lowest BCUT2D eigenvalue weighted by atomic mass is 10.3. The molecule has 0 spiro atoms. The Kier molecular flexibility index (Phi) is 3.02. The number of nitrogens with one attached hydrogen (secondary N) is 1. The Balaban J connectivity index is 1.48. The van der Waals surface area contributed by atoms with Crippen LogP contribution in [0.25, 0.3) is 5.65 Å². The van der Waals surface area contributed by atoms with Crippen LogP contribution in [-0.4, -0.2) is 29.4 Å². The zero-order chi connectivity index (χ0) is 14.1. The minimum atomic E-state index is 0.580. The Bertz CT molecular complexity index is 738. The zero-order valence-corrected chi connectivity index (χ0v) is 11.7. The molecule has 1 N–H and O–H groups in total. The first-order chi connectivity index (χ1) is 10.4. The van der Waals surface area contributed by atoms with Crippen LogP contribution < -0.4 is 5.32 Å². The molecule has 0 saturated heterocycles. The van der Waals surface area contributed by atoms with Gasteiger partial charge in [0.15, 0.2) is 5.82 Å². The summed E-state index contributed by atoms with van der Waals surface area (Å²) in [6.07, 6.45) is 12.4. The summed E-state index contributed by atoms with van der Waals surface area (Å²) < 4.78 is 3.95. The van der Waals surface area contributed by atoms with E-state index in [1.807, 2.05) is 10.6 Å². The molecule has 1 aliphatic rings. The Labute approximate surface area is 122 Å². The summed E-state index contributed by atoms with van der Waals surface area (Å²) in [5.41, 5.74) is 1.75. The molecule has 0 unspecified atom stereocenters. The number of rotatable bonds is 4. The summed E-state index contributed by atoms with van der Waals surface area (Å²) >= 11 is 0. The van der Waals surface area contributed by atoms with Gasteiger partial charge in [-0.2, -0.15) is 5.10 Å². The van der Waals surface area contributed by atoms with Crippen LogP contribution in [0, 0.1) is 0 Å². The average Bonchev–Trinajstić information content (AvgIpc) is 3.23. The van der Waals surface area contributed by atoms with E-state index in [0.29, 0.717) is 12.6 Å². The molecule has 1 saturated carbocycles. The fraction of sp³-hybridized carbons (Fsp3) is 0.429. The smallest absolute Gasteiger partial charge is 0.203 e. The van der Waals surface area contributed by atoms with Gasteiger partial charge in [-0.05, 0) is 18.9 Å². The molecule has 0 radical (unpaired) electrons. The third kappa shape index (κ3) is 2.35. The van der Waals surface area contributed by atoms with Crippen molar-refractivity contribution in [3.05, 3.63) is 36.7 Å². The lowest BCUT2D eigenvalue weighted by Gasteiger charge is -2.09. The van der Waals surface area contributed by atoms with Crippen LogP contribution in [0.3, 0.4) is 0 Å². The first kappa shape index (κ1) is 12.3. The molecule has 0 amide bonds. The molecule has 1 aliphatic carbocycles. The largest absolute Gasteiger partial charge is 0.361 e. The maximum atomic E-state index is 4.66. The fourth-order valence-electron chi connectivity index (χ4n) is 2.90. The molecule has 0 atom stereocenters. The van der Waals surface area contributed by atoms with Crippen molar-refractivity contribution in [1.82, 2.24) is 29.4 Å². The predicted octanol–water partition coefficient (Wildman–Crippen LogP) is 2.05.